The van der Waals surface area contributed by atoms with Gasteiger partial charge in [0.15, 0.2) is 0 Å². The first-order chi connectivity index (χ1) is 5.40. The standard InChI is InChI=1S/C7H16BF3N/c1-4-7(5-2)12(3)6-8(9,10)11/h7H,4-6H2,1-3H3/q-1. The molecule has 0 unspecified atom stereocenters. The molecule has 0 aliphatic heterocycles. The summed E-state index contributed by atoms with van der Waals surface area (Å²) in [5, 5.41) is 0. The Kier molecular flexibility index (Phi) is 4.67. The van der Waals surface area contributed by atoms with Crippen molar-refractivity contribution in [3.63, 3.8) is 0 Å². The lowest BCUT2D eigenvalue weighted by Gasteiger charge is -2.30. The molecule has 0 bridgehead atoms. The van der Waals surface area contributed by atoms with Crippen molar-refractivity contribution in [3.8, 4) is 0 Å². The van der Waals surface area contributed by atoms with Crippen LogP contribution in [-0.2, 0) is 0 Å². The van der Waals surface area contributed by atoms with Gasteiger partial charge in [-0.25, -0.2) is 0 Å². The molecule has 0 aromatic carbocycles. The van der Waals surface area contributed by atoms with Gasteiger partial charge in [0.25, 0.3) is 0 Å². The molecule has 0 saturated heterocycles. The minimum absolute atomic E-state index is 0.0634. The fourth-order valence-electron chi connectivity index (χ4n) is 1.39. The quantitative estimate of drug-likeness (QED) is 0.590. The number of halogens is 3. The minimum Gasteiger partial charge on any atom is -0.448 e. The van der Waals surface area contributed by atoms with E-state index in [-0.39, 0.29) is 6.04 Å². The van der Waals surface area contributed by atoms with Gasteiger partial charge in [-0.2, -0.15) is 0 Å². The zero-order valence-electron chi connectivity index (χ0n) is 7.86. The topological polar surface area (TPSA) is 3.24 Å². The van der Waals surface area contributed by atoms with Crippen LogP contribution in [0.15, 0.2) is 0 Å². The normalized spacial score (nSPS) is 13.0. The molecule has 0 fully saturated rings. The lowest BCUT2D eigenvalue weighted by atomic mass is 9.90. The first-order valence-electron chi connectivity index (χ1n) is 4.32. The molecule has 0 spiro atoms. The van der Waals surface area contributed by atoms with Crippen molar-refractivity contribution in [1.82, 2.24) is 4.90 Å². The second-order valence-corrected chi connectivity index (χ2v) is 3.12. The van der Waals surface area contributed by atoms with Gasteiger partial charge in [-0.05, 0) is 26.3 Å². The molecule has 0 aliphatic rings. The average Bonchev–Trinajstić information content (AvgIpc) is 1.85. The van der Waals surface area contributed by atoms with E-state index in [1.807, 2.05) is 13.8 Å². The molecule has 74 valence electrons. The Morgan fingerprint density at radius 1 is 1.17 bits per heavy atom. The smallest absolute Gasteiger partial charge is 0.448 e. The number of hydrogen-bond donors (Lipinski definition) is 0. The summed E-state index contributed by atoms with van der Waals surface area (Å²) in [7, 11) is 1.53. The number of nitrogens with zero attached hydrogens (tertiary/aromatic N) is 1. The third-order valence-electron chi connectivity index (χ3n) is 2.06. The molecule has 0 heterocycles. The van der Waals surface area contributed by atoms with Crippen molar-refractivity contribution in [1.29, 1.82) is 0 Å². The molecule has 0 aromatic heterocycles. The predicted molar refractivity (Wildman–Crippen MR) is 46.1 cm³/mol. The fraction of sp³-hybridized carbons (Fsp3) is 1.00. The largest absolute Gasteiger partial charge is 0.492 e. The molecule has 5 heteroatoms. The predicted octanol–water partition coefficient (Wildman–Crippen LogP) is 2.49. The van der Waals surface area contributed by atoms with Crippen molar-refractivity contribution < 1.29 is 12.9 Å². The van der Waals surface area contributed by atoms with E-state index < -0.39 is 13.4 Å². The number of rotatable bonds is 5. The molecule has 0 aromatic rings. The highest BCUT2D eigenvalue weighted by Crippen LogP contribution is 2.14. The van der Waals surface area contributed by atoms with Crippen molar-refractivity contribution in [2.75, 3.05) is 13.5 Å². The van der Waals surface area contributed by atoms with Gasteiger partial charge in [-0.15, -0.1) is 0 Å². The lowest BCUT2D eigenvalue weighted by Crippen LogP contribution is -2.41. The molecule has 0 aliphatic carbocycles. The van der Waals surface area contributed by atoms with Crippen LogP contribution < -0.4 is 0 Å². The van der Waals surface area contributed by atoms with Gasteiger partial charge in [0.1, 0.15) is 0 Å². The minimum atomic E-state index is -4.66. The van der Waals surface area contributed by atoms with Crippen LogP contribution in [0.3, 0.4) is 0 Å². The van der Waals surface area contributed by atoms with E-state index in [2.05, 4.69) is 0 Å². The molecular formula is C7H16BF3N-. The SMILES string of the molecule is CCC(CC)N(C)C[B-](F)(F)F. The zero-order chi connectivity index (χ0) is 9.78. The highest BCUT2D eigenvalue weighted by Gasteiger charge is 2.26. The van der Waals surface area contributed by atoms with Gasteiger partial charge in [0.05, 0.1) is 0 Å². The van der Waals surface area contributed by atoms with Gasteiger partial charge in [0.2, 0.25) is 0 Å². The summed E-state index contributed by atoms with van der Waals surface area (Å²) in [6, 6.07) is 0.0634. The first kappa shape index (κ1) is 11.8. The summed E-state index contributed by atoms with van der Waals surface area (Å²) >= 11 is 0. The summed E-state index contributed by atoms with van der Waals surface area (Å²) in [5.74, 6) is 0. The lowest BCUT2D eigenvalue weighted by molar-refractivity contribution is 0.237. The molecule has 0 radical (unpaired) electrons. The molecule has 0 saturated carbocycles. The monoisotopic (exact) mass is 182 g/mol. The molecule has 1 nitrogen and oxygen atoms in total. The number of hydrogen-bond acceptors (Lipinski definition) is 1. The van der Waals surface area contributed by atoms with Crippen LogP contribution in [0.2, 0.25) is 0 Å². The van der Waals surface area contributed by atoms with Crippen LogP contribution in [0.25, 0.3) is 0 Å². The van der Waals surface area contributed by atoms with Crippen LogP contribution in [0.4, 0.5) is 12.9 Å². The summed E-state index contributed by atoms with van der Waals surface area (Å²) in [4.78, 5) is 1.39. The maximum atomic E-state index is 12.0. The third kappa shape index (κ3) is 4.64. The second kappa shape index (κ2) is 4.75. The Labute approximate surface area is 72.0 Å². The van der Waals surface area contributed by atoms with Crippen molar-refractivity contribution in [2.24, 2.45) is 0 Å². The molecule has 0 N–H and O–H groups in total. The molecule has 0 amide bonds. The van der Waals surface area contributed by atoms with E-state index in [0.717, 1.165) is 12.8 Å². The summed E-state index contributed by atoms with van der Waals surface area (Å²) < 4.78 is 35.9. The highest BCUT2D eigenvalue weighted by atomic mass is 19.4. The fourth-order valence-corrected chi connectivity index (χ4v) is 1.39. The molecule has 0 rings (SSSR count). The van der Waals surface area contributed by atoms with Crippen LogP contribution >= 0.6 is 0 Å². The van der Waals surface area contributed by atoms with Crippen LogP contribution in [0, 0.1) is 0 Å². The molecule has 12 heavy (non-hydrogen) atoms. The van der Waals surface area contributed by atoms with Gasteiger partial charge in [-0.3, -0.25) is 0 Å². The first-order valence-corrected chi connectivity index (χ1v) is 4.32. The maximum absolute atomic E-state index is 12.0. The average molecular weight is 182 g/mol. The van der Waals surface area contributed by atoms with Gasteiger partial charge >= 0.3 is 6.98 Å². The second-order valence-electron chi connectivity index (χ2n) is 3.12. The zero-order valence-corrected chi connectivity index (χ0v) is 7.86. The molecule has 0 atom stereocenters. The van der Waals surface area contributed by atoms with E-state index in [1.165, 1.54) is 11.9 Å². The van der Waals surface area contributed by atoms with E-state index in [9.17, 15) is 12.9 Å². The van der Waals surface area contributed by atoms with E-state index >= 15 is 0 Å². The van der Waals surface area contributed by atoms with Crippen molar-refractivity contribution in [2.45, 2.75) is 32.7 Å². The summed E-state index contributed by atoms with van der Waals surface area (Å²) in [6.45, 7) is -0.843. The van der Waals surface area contributed by atoms with E-state index in [4.69, 9.17) is 0 Å². The Balaban J connectivity index is 3.92. The summed E-state index contributed by atoms with van der Waals surface area (Å²) in [5.41, 5.74) is 0. The summed E-state index contributed by atoms with van der Waals surface area (Å²) in [6.07, 6.45) is 0.810. The Morgan fingerprint density at radius 3 is 1.83 bits per heavy atom. The van der Waals surface area contributed by atoms with Crippen LogP contribution in [0.5, 0.6) is 0 Å². The van der Waals surface area contributed by atoms with Crippen molar-refractivity contribution in [3.05, 3.63) is 0 Å². The van der Waals surface area contributed by atoms with Crippen molar-refractivity contribution >= 4 is 6.98 Å². The van der Waals surface area contributed by atoms with Gasteiger partial charge in [-0.1, -0.05) is 13.8 Å². The Hall–Kier alpha value is -0.185. The van der Waals surface area contributed by atoms with Gasteiger partial charge in [0, 0.05) is 6.04 Å². The Bertz CT molecular complexity index is 122. The maximum Gasteiger partial charge on any atom is 0.492 e. The highest BCUT2D eigenvalue weighted by molar-refractivity contribution is 6.58. The van der Waals surface area contributed by atoms with Crippen LogP contribution in [-0.4, -0.2) is 31.4 Å². The van der Waals surface area contributed by atoms with E-state index in [1.54, 1.807) is 0 Å². The van der Waals surface area contributed by atoms with Crippen LogP contribution in [0.1, 0.15) is 26.7 Å². The Morgan fingerprint density at radius 2 is 1.58 bits per heavy atom. The molecular weight excluding hydrogens is 166 g/mol. The van der Waals surface area contributed by atoms with E-state index in [0.29, 0.717) is 0 Å². The van der Waals surface area contributed by atoms with Gasteiger partial charge < -0.3 is 17.8 Å². The third-order valence-corrected chi connectivity index (χ3v) is 2.06.